The third kappa shape index (κ3) is 1.41. The lowest BCUT2D eigenvalue weighted by Crippen LogP contribution is -2.54. The third-order valence-electron chi connectivity index (χ3n) is 6.87. The highest BCUT2D eigenvalue weighted by molar-refractivity contribution is 5.82. The standard InChI is InChI=1S/C16H28N2/c1-14(2)10-12(17)5-4-11-6-8-16(18)9-7-13(14)15(11,16)3/h11,13,17H,4-10,18H2,1-3H3. The van der Waals surface area contributed by atoms with Crippen molar-refractivity contribution in [3.8, 4) is 0 Å². The van der Waals surface area contributed by atoms with E-state index in [1.807, 2.05) is 0 Å². The molecule has 0 aromatic rings. The summed E-state index contributed by atoms with van der Waals surface area (Å²) < 4.78 is 0. The van der Waals surface area contributed by atoms with Crippen LogP contribution in [0.3, 0.4) is 0 Å². The lowest BCUT2D eigenvalue weighted by molar-refractivity contribution is 0.0182. The van der Waals surface area contributed by atoms with E-state index >= 15 is 0 Å². The molecule has 0 spiro atoms. The molecule has 4 unspecified atom stereocenters. The van der Waals surface area contributed by atoms with Crippen LogP contribution < -0.4 is 5.73 Å². The van der Waals surface area contributed by atoms with Gasteiger partial charge in [0.25, 0.3) is 0 Å². The van der Waals surface area contributed by atoms with Crippen LogP contribution in [0.5, 0.6) is 0 Å². The van der Waals surface area contributed by atoms with Gasteiger partial charge in [-0.3, -0.25) is 0 Å². The van der Waals surface area contributed by atoms with Crippen molar-refractivity contribution in [3.05, 3.63) is 0 Å². The van der Waals surface area contributed by atoms with Crippen LogP contribution >= 0.6 is 0 Å². The molecule has 4 atom stereocenters. The van der Waals surface area contributed by atoms with E-state index in [9.17, 15) is 0 Å². The molecule has 0 amide bonds. The van der Waals surface area contributed by atoms with Crippen molar-refractivity contribution in [2.75, 3.05) is 0 Å². The van der Waals surface area contributed by atoms with Crippen LogP contribution in [0, 0.1) is 28.1 Å². The Hall–Kier alpha value is -0.370. The van der Waals surface area contributed by atoms with Crippen LogP contribution in [0.15, 0.2) is 0 Å². The van der Waals surface area contributed by atoms with Crippen molar-refractivity contribution >= 4 is 5.71 Å². The van der Waals surface area contributed by atoms with E-state index in [4.69, 9.17) is 11.1 Å². The first-order valence-corrected chi connectivity index (χ1v) is 7.65. The zero-order valence-corrected chi connectivity index (χ0v) is 12.2. The number of nitrogens with one attached hydrogen (secondary N) is 1. The second-order valence-electron chi connectivity index (χ2n) is 8.07. The summed E-state index contributed by atoms with van der Waals surface area (Å²) in [5.41, 5.74) is 8.47. The highest BCUT2D eigenvalue weighted by Gasteiger charge is 2.65. The molecule has 0 aliphatic heterocycles. The van der Waals surface area contributed by atoms with Gasteiger partial charge in [-0.15, -0.1) is 0 Å². The average molecular weight is 248 g/mol. The van der Waals surface area contributed by atoms with Crippen molar-refractivity contribution in [2.24, 2.45) is 28.4 Å². The fourth-order valence-corrected chi connectivity index (χ4v) is 5.89. The van der Waals surface area contributed by atoms with Gasteiger partial charge in [0, 0.05) is 11.3 Å². The highest BCUT2D eigenvalue weighted by atomic mass is 14.9. The van der Waals surface area contributed by atoms with E-state index in [0.717, 1.165) is 24.5 Å². The smallest absolute Gasteiger partial charge is 0.0214 e. The number of nitrogens with two attached hydrogens (primary N) is 1. The molecule has 0 bridgehead atoms. The summed E-state index contributed by atoms with van der Waals surface area (Å²) in [7, 11) is 0. The topological polar surface area (TPSA) is 49.9 Å². The van der Waals surface area contributed by atoms with Gasteiger partial charge in [0.05, 0.1) is 0 Å². The fourth-order valence-electron chi connectivity index (χ4n) is 5.89. The van der Waals surface area contributed by atoms with Gasteiger partial charge in [0.2, 0.25) is 0 Å². The Morgan fingerprint density at radius 3 is 2.50 bits per heavy atom. The molecule has 3 rings (SSSR count). The summed E-state index contributed by atoms with van der Waals surface area (Å²) in [5.74, 6) is 1.47. The Morgan fingerprint density at radius 1 is 1.11 bits per heavy atom. The zero-order chi connectivity index (χ0) is 13.2. The molecule has 3 N–H and O–H groups in total. The van der Waals surface area contributed by atoms with Crippen molar-refractivity contribution in [1.82, 2.24) is 0 Å². The average Bonchev–Trinajstić information content (AvgIpc) is 2.63. The Balaban J connectivity index is 2.06. The molecule has 0 aromatic heterocycles. The molecule has 3 fully saturated rings. The molecule has 3 aliphatic rings. The Kier molecular flexibility index (Phi) is 2.53. The van der Waals surface area contributed by atoms with Gasteiger partial charge in [-0.2, -0.15) is 0 Å². The van der Waals surface area contributed by atoms with Gasteiger partial charge in [-0.05, 0) is 67.6 Å². The maximum Gasteiger partial charge on any atom is 0.0214 e. The number of rotatable bonds is 0. The molecule has 102 valence electrons. The first-order chi connectivity index (χ1) is 8.30. The molecule has 2 heteroatoms. The normalized spacial score (nSPS) is 50.8. The minimum absolute atomic E-state index is 0.0964. The molecular formula is C16H28N2. The number of hydrogen-bond acceptors (Lipinski definition) is 2. The monoisotopic (exact) mass is 248 g/mol. The molecule has 0 aromatic carbocycles. The molecule has 3 saturated carbocycles. The van der Waals surface area contributed by atoms with E-state index in [2.05, 4.69) is 20.8 Å². The maximum atomic E-state index is 8.19. The lowest BCUT2D eigenvalue weighted by Gasteiger charge is -2.50. The molecule has 0 heterocycles. The fraction of sp³-hybridized carbons (Fsp3) is 0.938. The van der Waals surface area contributed by atoms with Gasteiger partial charge >= 0.3 is 0 Å². The summed E-state index contributed by atoms with van der Waals surface area (Å²) in [6.45, 7) is 7.24. The van der Waals surface area contributed by atoms with Gasteiger partial charge in [-0.1, -0.05) is 20.8 Å². The molecule has 18 heavy (non-hydrogen) atoms. The maximum absolute atomic E-state index is 8.19. The summed E-state index contributed by atoms with van der Waals surface area (Å²) in [5, 5.41) is 8.19. The van der Waals surface area contributed by atoms with Crippen molar-refractivity contribution < 1.29 is 0 Å². The van der Waals surface area contributed by atoms with E-state index < -0.39 is 0 Å². The van der Waals surface area contributed by atoms with Gasteiger partial charge < -0.3 is 11.1 Å². The zero-order valence-electron chi connectivity index (χ0n) is 12.2. The van der Waals surface area contributed by atoms with Crippen LogP contribution in [0.2, 0.25) is 0 Å². The molecular weight excluding hydrogens is 220 g/mol. The van der Waals surface area contributed by atoms with E-state index in [1.54, 1.807) is 0 Å². The van der Waals surface area contributed by atoms with Crippen molar-refractivity contribution in [2.45, 2.75) is 71.3 Å². The molecule has 0 radical (unpaired) electrons. The third-order valence-corrected chi connectivity index (χ3v) is 6.87. The minimum atomic E-state index is 0.0964. The summed E-state index contributed by atoms with van der Waals surface area (Å²) in [6.07, 6.45) is 8.20. The Bertz CT molecular complexity index is 387. The molecule has 0 saturated heterocycles. The lowest BCUT2D eigenvalue weighted by atomic mass is 9.55. The minimum Gasteiger partial charge on any atom is -0.325 e. The Morgan fingerprint density at radius 2 is 1.78 bits per heavy atom. The largest absolute Gasteiger partial charge is 0.325 e. The number of hydrogen-bond donors (Lipinski definition) is 2. The van der Waals surface area contributed by atoms with Gasteiger partial charge in [0.1, 0.15) is 0 Å². The van der Waals surface area contributed by atoms with Crippen LogP contribution in [-0.2, 0) is 0 Å². The van der Waals surface area contributed by atoms with E-state index in [0.29, 0.717) is 11.3 Å². The van der Waals surface area contributed by atoms with Crippen LogP contribution in [-0.4, -0.2) is 11.3 Å². The SMILES string of the molecule is CC1(C)CC(=N)CCC2CCC3(N)CCC1C23C. The first kappa shape index (κ1) is 12.7. The van der Waals surface area contributed by atoms with E-state index in [1.165, 1.54) is 32.1 Å². The summed E-state index contributed by atoms with van der Waals surface area (Å²) in [6, 6.07) is 0. The van der Waals surface area contributed by atoms with Gasteiger partial charge in [-0.25, -0.2) is 0 Å². The van der Waals surface area contributed by atoms with Crippen LogP contribution in [0.25, 0.3) is 0 Å². The van der Waals surface area contributed by atoms with Crippen LogP contribution in [0.1, 0.15) is 65.7 Å². The quantitative estimate of drug-likeness (QED) is 0.674. The predicted octanol–water partition coefficient (Wildman–Crippen LogP) is 3.74. The van der Waals surface area contributed by atoms with E-state index in [-0.39, 0.29) is 11.0 Å². The molecule has 2 nitrogen and oxygen atoms in total. The van der Waals surface area contributed by atoms with Crippen molar-refractivity contribution in [3.63, 3.8) is 0 Å². The predicted molar refractivity (Wildman–Crippen MR) is 75.8 cm³/mol. The summed E-state index contributed by atoms with van der Waals surface area (Å²) in [4.78, 5) is 0. The highest BCUT2D eigenvalue weighted by Crippen LogP contribution is 2.67. The molecule has 3 aliphatic carbocycles. The van der Waals surface area contributed by atoms with Crippen LogP contribution in [0.4, 0.5) is 0 Å². The summed E-state index contributed by atoms with van der Waals surface area (Å²) >= 11 is 0. The second kappa shape index (κ2) is 3.59. The second-order valence-corrected chi connectivity index (χ2v) is 8.07. The first-order valence-electron chi connectivity index (χ1n) is 7.65. The van der Waals surface area contributed by atoms with Crippen molar-refractivity contribution in [1.29, 1.82) is 5.41 Å². The van der Waals surface area contributed by atoms with Gasteiger partial charge in [0.15, 0.2) is 0 Å². The Labute approximate surface area is 111 Å².